The lowest BCUT2D eigenvalue weighted by Crippen LogP contribution is -2.40. The molecule has 2 saturated heterocycles. The van der Waals surface area contributed by atoms with Crippen LogP contribution >= 0.6 is 0 Å². The Morgan fingerprint density at radius 3 is 2.74 bits per heavy atom. The molecule has 2 aromatic heterocycles. The zero-order valence-corrected chi connectivity index (χ0v) is 15.8. The number of rotatable bonds is 4. The lowest BCUT2D eigenvalue weighted by molar-refractivity contribution is -0.126. The van der Waals surface area contributed by atoms with Gasteiger partial charge in [0.25, 0.3) is 0 Å². The molecule has 0 unspecified atom stereocenters. The van der Waals surface area contributed by atoms with Crippen molar-refractivity contribution in [3.8, 4) is 0 Å². The van der Waals surface area contributed by atoms with Crippen LogP contribution in [-0.2, 0) is 16.1 Å². The Hall–Kier alpha value is -2.48. The molecule has 0 saturated carbocycles. The number of likely N-dealkylation sites (tertiary alicyclic amines) is 2. The van der Waals surface area contributed by atoms with Gasteiger partial charge in [0.05, 0.1) is 12.8 Å². The molecule has 0 N–H and O–H groups in total. The number of aromatic nitrogens is 3. The third-order valence-corrected chi connectivity index (χ3v) is 5.75. The monoisotopic (exact) mass is 371 g/mol. The fraction of sp³-hybridized carbons (Fsp3) is 0.579. The summed E-state index contributed by atoms with van der Waals surface area (Å²) < 4.78 is 6.68. The number of carbonyl (C=O) groups excluding carboxylic acids is 2. The van der Waals surface area contributed by atoms with Crippen molar-refractivity contribution >= 4 is 17.5 Å². The quantitative estimate of drug-likeness (QED) is 0.755. The lowest BCUT2D eigenvalue weighted by Gasteiger charge is -2.38. The Labute approximate surface area is 158 Å². The molecule has 0 atom stereocenters. The van der Waals surface area contributed by atoms with Gasteiger partial charge in [-0.2, -0.15) is 5.10 Å². The van der Waals surface area contributed by atoms with Gasteiger partial charge in [-0.15, -0.1) is 0 Å². The summed E-state index contributed by atoms with van der Waals surface area (Å²) in [4.78, 5) is 32.5. The molecule has 144 valence electrons. The zero-order chi connectivity index (χ0) is 19.0. The van der Waals surface area contributed by atoms with E-state index < -0.39 is 5.97 Å². The van der Waals surface area contributed by atoms with E-state index in [0.717, 1.165) is 44.6 Å². The highest BCUT2D eigenvalue weighted by atomic mass is 16.5. The second-order valence-corrected chi connectivity index (χ2v) is 7.71. The second kappa shape index (κ2) is 6.92. The van der Waals surface area contributed by atoms with Crippen LogP contribution in [0.2, 0.25) is 0 Å². The maximum atomic E-state index is 11.9. The average molecular weight is 371 g/mol. The number of esters is 1. The topological polar surface area (TPSA) is 80.0 Å². The molecule has 1 amide bonds. The highest BCUT2D eigenvalue weighted by molar-refractivity contribution is 5.95. The molecule has 0 radical (unpaired) electrons. The van der Waals surface area contributed by atoms with Gasteiger partial charge in [0.2, 0.25) is 5.91 Å². The van der Waals surface area contributed by atoms with E-state index in [1.54, 1.807) is 17.6 Å². The molecule has 0 aromatic carbocycles. The van der Waals surface area contributed by atoms with Crippen molar-refractivity contribution in [1.29, 1.82) is 0 Å². The SMILES string of the molecule is CCOC(=O)c1cnn2cc(CN3CCC4(CC3)CC(=O)N(C)C4)cnc12. The summed E-state index contributed by atoms with van der Waals surface area (Å²) in [6, 6.07) is 0. The minimum Gasteiger partial charge on any atom is -0.462 e. The summed E-state index contributed by atoms with van der Waals surface area (Å²) in [5.41, 5.74) is 2.12. The van der Waals surface area contributed by atoms with Crippen molar-refractivity contribution in [3.63, 3.8) is 0 Å². The first-order valence-electron chi connectivity index (χ1n) is 9.45. The molecule has 0 bridgehead atoms. The van der Waals surface area contributed by atoms with E-state index in [1.807, 2.05) is 18.1 Å². The minimum atomic E-state index is -0.398. The number of piperidine rings is 1. The molecular formula is C19H25N5O3. The first-order valence-corrected chi connectivity index (χ1v) is 9.45. The first kappa shape index (κ1) is 17.9. The molecule has 8 nitrogen and oxygen atoms in total. The van der Waals surface area contributed by atoms with Crippen molar-refractivity contribution in [2.75, 3.05) is 33.3 Å². The lowest BCUT2D eigenvalue weighted by atomic mass is 9.77. The number of amides is 1. The van der Waals surface area contributed by atoms with E-state index >= 15 is 0 Å². The smallest absolute Gasteiger partial charge is 0.343 e. The van der Waals surface area contributed by atoms with E-state index in [-0.39, 0.29) is 11.3 Å². The Bertz CT molecular complexity index is 869. The van der Waals surface area contributed by atoms with E-state index in [2.05, 4.69) is 15.0 Å². The molecular weight excluding hydrogens is 346 g/mol. The highest BCUT2D eigenvalue weighted by Crippen LogP contribution is 2.40. The van der Waals surface area contributed by atoms with Crippen molar-refractivity contribution in [3.05, 3.63) is 29.7 Å². The van der Waals surface area contributed by atoms with Gasteiger partial charge in [-0.1, -0.05) is 0 Å². The third kappa shape index (κ3) is 3.41. The van der Waals surface area contributed by atoms with Crippen LogP contribution < -0.4 is 0 Å². The predicted molar refractivity (Wildman–Crippen MR) is 98.1 cm³/mol. The van der Waals surface area contributed by atoms with E-state index in [1.165, 1.54) is 6.20 Å². The van der Waals surface area contributed by atoms with Crippen LogP contribution in [0.4, 0.5) is 0 Å². The van der Waals surface area contributed by atoms with Crippen molar-refractivity contribution in [1.82, 2.24) is 24.4 Å². The molecule has 2 aliphatic rings. The van der Waals surface area contributed by atoms with Crippen molar-refractivity contribution < 1.29 is 14.3 Å². The van der Waals surface area contributed by atoms with E-state index in [9.17, 15) is 9.59 Å². The van der Waals surface area contributed by atoms with Crippen LogP contribution in [0.3, 0.4) is 0 Å². The van der Waals surface area contributed by atoms with Crippen LogP contribution in [-0.4, -0.2) is 69.6 Å². The summed E-state index contributed by atoms with van der Waals surface area (Å²) in [5, 5.41) is 4.24. The summed E-state index contributed by atoms with van der Waals surface area (Å²) in [5.74, 6) is -0.126. The summed E-state index contributed by atoms with van der Waals surface area (Å²) in [7, 11) is 1.90. The molecule has 4 heterocycles. The number of hydrogen-bond acceptors (Lipinski definition) is 6. The van der Waals surface area contributed by atoms with Gasteiger partial charge in [-0.3, -0.25) is 9.69 Å². The van der Waals surface area contributed by atoms with Gasteiger partial charge in [0, 0.05) is 44.5 Å². The Balaban J connectivity index is 1.41. The summed E-state index contributed by atoms with van der Waals surface area (Å²) >= 11 is 0. The maximum Gasteiger partial charge on any atom is 0.343 e. The Kier molecular flexibility index (Phi) is 4.59. The number of carbonyl (C=O) groups is 2. The normalized spacial score (nSPS) is 19.9. The summed E-state index contributed by atoms with van der Waals surface area (Å²) in [6.07, 6.45) is 8.01. The third-order valence-electron chi connectivity index (χ3n) is 5.75. The fourth-order valence-electron chi connectivity index (χ4n) is 4.23. The fourth-order valence-corrected chi connectivity index (χ4v) is 4.23. The second-order valence-electron chi connectivity index (χ2n) is 7.71. The van der Waals surface area contributed by atoms with Gasteiger partial charge >= 0.3 is 5.97 Å². The van der Waals surface area contributed by atoms with E-state index in [0.29, 0.717) is 24.2 Å². The van der Waals surface area contributed by atoms with Crippen molar-refractivity contribution in [2.24, 2.45) is 5.41 Å². The van der Waals surface area contributed by atoms with E-state index in [4.69, 9.17) is 4.74 Å². The largest absolute Gasteiger partial charge is 0.462 e. The van der Waals surface area contributed by atoms with Crippen LogP contribution in [0.1, 0.15) is 42.1 Å². The number of nitrogens with zero attached hydrogens (tertiary/aromatic N) is 5. The molecule has 4 rings (SSSR count). The van der Waals surface area contributed by atoms with Gasteiger partial charge in [-0.25, -0.2) is 14.3 Å². The number of ether oxygens (including phenoxy) is 1. The average Bonchev–Trinajstić information content (AvgIpc) is 3.18. The number of hydrogen-bond donors (Lipinski definition) is 0. The first-order chi connectivity index (χ1) is 13.0. The standard InChI is InChI=1S/C19H25N5O3/c1-3-27-18(26)15-10-21-24-12-14(9-20-17(15)24)11-23-6-4-19(5-7-23)8-16(25)22(2)13-19/h9-10,12H,3-8,11,13H2,1-2H3. The van der Waals surface area contributed by atoms with Gasteiger partial charge in [0.15, 0.2) is 5.65 Å². The van der Waals surface area contributed by atoms with Crippen LogP contribution in [0, 0.1) is 5.41 Å². The van der Waals surface area contributed by atoms with Crippen LogP contribution in [0.5, 0.6) is 0 Å². The minimum absolute atomic E-state index is 0.168. The molecule has 1 spiro atoms. The zero-order valence-electron chi connectivity index (χ0n) is 15.8. The maximum absolute atomic E-state index is 11.9. The van der Waals surface area contributed by atoms with Gasteiger partial charge in [0.1, 0.15) is 5.56 Å². The van der Waals surface area contributed by atoms with Crippen molar-refractivity contribution in [2.45, 2.75) is 32.7 Å². The van der Waals surface area contributed by atoms with Gasteiger partial charge < -0.3 is 9.64 Å². The summed E-state index contributed by atoms with van der Waals surface area (Å²) in [6.45, 7) is 5.73. The Morgan fingerprint density at radius 1 is 1.30 bits per heavy atom. The van der Waals surface area contributed by atoms with Crippen LogP contribution in [0.25, 0.3) is 5.65 Å². The molecule has 2 aromatic rings. The molecule has 27 heavy (non-hydrogen) atoms. The van der Waals surface area contributed by atoms with Gasteiger partial charge in [-0.05, 0) is 38.3 Å². The predicted octanol–water partition coefficient (Wildman–Crippen LogP) is 1.35. The Morgan fingerprint density at radius 2 is 2.07 bits per heavy atom. The molecule has 8 heteroatoms. The van der Waals surface area contributed by atoms with Crippen LogP contribution in [0.15, 0.2) is 18.6 Å². The highest BCUT2D eigenvalue weighted by Gasteiger charge is 2.43. The molecule has 2 fully saturated rings. The molecule has 2 aliphatic heterocycles. The molecule has 0 aliphatic carbocycles. The number of fused-ring (bicyclic) bond motifs is 1.